The number of pyridine rings is 1. The molecule has 0 radical (unpaired) electrons. The van der Waals surface area contributed by atoms with Crippen LogP contribution in [0.3, 0.4) is 0 Å². The van der Waals surface area contributed by atoms with Crippen molar-refractivity contribution in [1.29, 1.82) is 0 Å². The van der Waals surface area contributed by atoms with Gasteiger partial charge in [0.25, 0.3) is 0 Å². The lowest BCUT2D eigenvalue weighted by Crippen LogP contribution is -1.98. The number of anilines is 1. The number of halogens is 2. The summed E-state index contributed by atoms with van der Waals surface area (Å²) in [6.07, 6.45) is 1.72. The van der Waals surface area contributed by atoms with Crippen molar-refractivity contribution in [2.75, 3.05) is 5.73 Å². The Morgan fingerprint density at radius 2 is 1.81 bits per heavy atom. The Morgan fingerprint density at radius 1 is 1.10 bits per heavy atom. The average Bonchev–Trinajstić information content (AvgIpc) is 2.75. The van der Waals surface area contributed by atoms with Crippen molar-refractivity contribution in [1.82, 2.24) is 14.8 Å². The summed E-state index contributed by atoms with van der Waals surface area (Å²) < 4.78 is 1.62. The maximum absolute atomic E-state index is 6.14. The fraction of sp³-hybridized carbons (Fsp3) is 0.0667. The van der Waals surface area contributed by atoms with Crippen LogP contribution in [0, 0.1) is 0 Å². The highest BCUT2D eigenvalue weighted by atomic mass is 35.5. The first-order valence-corrected chi connectivity index (χ1v) is 7.02. The number of rotatable bonds is 2. The molecule has 0 aliphatic heterocycles. The van der Waals surface area contributed by atoms with Crippen LogP contribution >= 0.6 is 23.2 Å². The predicted octanol–water partition coefficient (Wildman–Crippen LogP) is 4.04. The second-order valence-electron chi connectivity index (χ2n) is 4.61. The highest BCUT2D eigenvalue weighted by Crippen LogP contribution is 2.36. The molecule has 3 rings (SSSR count). The Balaban J connectivity index is 2.26. The molecule has 0 saturated carbocycles. The summed E-state index contributed by atoms with van der Waals surface area (Å²) in [4.78, 5) is 4.35. The van der Waals surface area contributed by atoms with Crippen LogP contribution in [0.5, 0.6) is 0 Å². The first-order valence-electron chi connectivity index (χ1n) is 6.26. The summed E-state index contributed by atoms with van der Waals surface area (Å²) in [5.41, 5.74) is 9.19. The maximum Gasteiger partial charge on any atom is 0.131 e. The van der Waals surface area contributed by atoms with E-state index in [-0.39, 0.29) is 0 Å². The first kappa shape index (κ1) is 13.9. The van der Waals surface area contributed by atoms with E-state index in [2.05, 4.69) is 10.1 Å². The van der Waals surface area contributed by atoms with Gasteiger partial charge in [0.2, 0.25) is 0 Å². The number of nitrogen functional groups attached to an aromatic ring is 1. The lowest BCUT2D eigenvalue weighted by Gasteiger charge is -2.04. The van der Waals surface area contributed by atoms with Crippen molar-refractivity contribution < 1.29 is 0 Å². The molecule has 0 spiro atoms. The zero-order valence-corrected chi connectivity index (χ0v) is 12.7. The molecule has 106 valence electrons. The number of nitrogens with zero attached hydrogens (tertiary/aromatic N) is 3. The number of aromatic nitrogens is 3. The third-order valence-electron chi connectivity index (χ3n) is 3.15. The predicted molar refractivity (Wildman–Crippen MR) is 86.3 cm³/mol. The van der Waals surface area contributed by atoms with Gasteiger partial charge in [0.15, 0.2) is 0 Å². The van der Waals surface area contributed by atoms with Crippen LogP contribution in [0.2, 0.25) is 10.0 Å². The van der Waals surface area contributed by atoms with Gasteiger partial charge in [-0.2, -0.15) is 5.10 Å². The molecule has 3 aromatic rings. The average molecular weight is 319 g/mol. The maximum atomic E-state index is 6.14. The van der Waals surface area contributed by atoms with Crippen LogP contribution in [0.1, 0.15) is 0 Å². The van der Waals surface area contributed by atoms with Gasteiger partial charge in [-0.3, -0.25) is 9.67 Å². The first-order chi connectivity index (χ1) is 10.1. The van der Waals surface area contributed by atoms with Gasteiger partial charge in [-0.15, -0.1) is 0 Å². The molecule has 21 heavy (non-hydrogen) atoms. The van der Waals surface area contributed by atoms with E-state index in [1.165, 1.54) is 0 Å². The Kier molecular flexibility index (Phi) is 3.57. The highest BCUT2D eigenvalue weighted by Gasteiger charge is 2.18. The molecule has 0 saturated heterocycles. The molecule has 2 heterocycles. The topological polar surface area (TPSA) is 56.7 Å². The molecule has 0 atom stereocenters. The SMILES string of the molecule is Cn1nc(-c2cc(Cl)cc(Cl)c2)c(-c2ccccn2)c1N. The number of benzene rings is 1. The number of hydrogen-bond acceptors (Lipinski definition) is 3. The van der Waals surface area contributed by atoms with Crippen molar-refractivity contribution in [2.45, 2.75) is 0 Å². The van der Waals surface area contributed by atoms with E-state index in [0.717, 1.165) is 16.8 Å². The third kappa shape index (κ3) is 2.60. The van der Waals surface area contributed by atoms with E-state index in [9.17, 15) is 0 Å². The van der Waals surface area contributed by atoms with Crippen molar-refractivity contribution in [3.63, 3.8) is 0 Å². The van der Waals surface area contributed by atoms with E-state index in [4.69, 9.17) is 28.9 Å². The minimum atomic E-state index is 0.541. The van der Waals surface area contributed by atoms with Gasteiger partial charge < -0.3 is 5.73 Å². The van der Waals surface area contributed by atoms with Gasteiger partial charge in [0.1, 0.15) is 11.5 Å². The lowest BCUT2D eigenvalue weighted by molar-refractivity contribution is 0.782. The van der Waals surface area contributed by atoms with E-state index < -0.39 is 0 Å². The molecule has 0 aliphatic rings. The number of nitrogens with two attached hydrogens (primary N) is 1. The van der Waals surface area contributed by atoms with Gasteiger partial charge in [-0.25, -0.2) is 0 Å². The summed E-state index contributed by atoms with van der Waals surface area (Å²) >= 11 is 12.2. The smallest absolute Gasteiger partial charge is 0.131 e. The van der Waals surface area contributed by atoms with Gasteiger partial charge in [0, 0.05) is 28.9 Å². The fourth-order valence-corrected chi connectivity index (χ4v) is 2.72. The Morgan fingerprint density at radius 3 is 2.43 bits per heavy atom. The lowest BCUT2D eigenvalue weighted by atomic mass is 10.0. The second-order valence-corrected chi connectivity index (χ2v) is 5.48. The van der Waals surface area contributed by atoms with Crippen LogP contribution in [0.15, 0.2) is 42.6 Å². The second kappa shape index (κ2) is 5.39. The fourth-order valence-electron chi connectivity index (χ4n) is 2.19. The molecule has 0 fully saturated rings. The molecule has 0 unspecified atom stereocenters. The zero-order valence-electron chi connectivity index (χ0n) is 11.2. The van der Waals surface area contributed by atoms with E-state index >= 15 is 0 Å². The van der Waals surface area contributed by atoms with Gasteiger partial charge in [-0.05, 0) is 30.3 Å². The Bertz CT molecular complexity index is 777. The van der Waals surface area contributed by atoms with E-state index in [1.54, 1.807) is 24.0 Å². The highest BCUT2D eigenvalue weighted by molar-refractivity contribution is 6.35. The molecule has 0 aliphatic carbocycles. The van der Waals surface area contributed by atoms with Gasteiger partial charge in [0.05, 0.1) is 11.3 Å². The Hall–Kier alpha value is -2.04. The van der Waals surface area contributed by atoms with Gasteiger partial charge >= 0.3 is 0 Å². The molecule has 2 aromatic heterocycles. The quantitative estimate of drug-likeness (QED) is 0.775. The third-order valence-corrected chi connectivity index (χ3v) is 3.59. The summed E-state index contributed by atoms with van der Waals surface area (Å²) in [5, 5.41) is 5.57. The molecule has 1 aromatic carbocycles. The minimum Gasteiger partial charge on any atom is -0.383 e. The van der Waals surface area contributed by atoms with Crippen LogP contribution in [-0.2, 0) is 7.05 Å². The minimum absolute atomic E-state index is 0.541. The molecule has 0 bridgehead atoms. The molecular formula is C15H12Cl2N4. The van der Waals surface area contributed by atoms with Crippen LogP contribution in [0.4, 0.5) is 5.82 Å². The largest absolute Gasteiger partial charge is 0.383 e. The van der Waals surface area contributed by atoms with Crippen molar-refractivity contribution >= 4 is 29.0 Å². The normalized spacial score (nSPS) is 10.8. The zero-order chi connectivity index (χ0) is 15.0. The molecular weight excluding hydrogens is 307 g/mol. The van der Waals surface area contributed by atoms with Gasteiger partial charge in [-0.1, -0.05) is 29.3 Å². The molecule has 0 amide bonds. The summed E-state index contributed by atoms with van der Waals surface area (Å²) in [5.74, 6) is 0.541. The number of hydrogen-bond donors (Lipinski definition) is 1. The monoisotopic (exact) mass is 318 g/mol. The molecule has 4 nitrogen and oxygen atoms in total. The molecule has 2 N–H and O–H groups in total. The van der Waals surface area contributed by atoms with E-state index in [0.29, 0.717) is 21.6 Å². The van der Waals surface area contributed by atoms with Crippen LogP contribution in [0.25, 0.3) is 22.5 Å². The van der Waals surface area contributed by atoms with E-state index in [1.807, 2.05) is 30.3 Å². The summed E-state index contributed by atoms with van der Waals surface area (Å²) in [6, 6.07) is 10.9. The Labute approximate surface area is 132 Å². The summed E-state index contributed by atoms with van der Waals surface area (Å²) in [7, 11) is 1.79. The van der Waals surface area contributed by atoms with Crippen LogP contribution in [-0.4, -0.2) is 14.8 Å². The number of aryl methyl sites for hydroxylation is 1. The standard InChI is InChI=1S/C15H12Cl2N4/c1-21-15(18)13(12-4-2-3-5-19-12)14(20-21)9-6-10(16)8-11(17)7-9/h2-8H,18H2,1H3. The van der Waals surface area contributed by atoms with Crippen molar-refractivity contribution in [3.05, 3.63) is 52.6 Å². The molecule has 6 heteroatoms. The van der Waals surface area contributed by atoms with Crippen molar-refractivity contribution in [2.24, 2.45) is 7.05 Å². The summed E-state index contributed by atoms with van der Waals surface area (Å²) in [6.45, 7) is 0. The van der Waals surface area contributed by atoms with Crippen molar-refractivity contribution in [3.8, 4) is 22.5 Å². The van der Waals surface area contributed by atoms with Crippen LogP contribution < -0.4 is 5.73 Å².